The van der Waals surface area contributed by atoms with Gasteiger partial charge in [0.25, 0.3) is 7.52 Å². The standard InChI is InChI=1S/C7H18NO2P/c1-6(2)11(9,10)8-7(3,4)5/h6H,1-5H3,(H2,8,9,10). The lowest BCUT2D eigenvalue weighted by Gasteiger charge is -2.26. The molecule has 0 saturated carbocycles. The summed E-state index contributed by atoms with van der Waals surface area (Å²) in [6, 6.07) is 0. The van der Waals surface area contributed by atoms with Crippen molar-refractivity contribution in [3.8, 4) is 0 Å². The summed E-state index contributed by atoms with van der Waals surface area (Å²) in [5.41, 5.74) is -0.518. The van der Waals surface area contributed by atoms with Crippen LogP contribution in [0.15, 0.2) is 0 Å². The molecule has 1 atom stereocenters. The normalized spacial score (nSPS) is 18.5. The molecule has 2 N–H and O–H groups in total. The summed E-state index contributed by atoms with van der Waals surface area (Å²) in [5.74, 6) is 0. The molecule has 0 aliphatic heterocycles. The Kier molecular flexibility index (Phi) is 3.30. The van der Waals surface area contributed by atoms with Crippen molar-refractivity contribution in [3.63, 3.8) is 0 Å². The molecule has 0 amide bonds. The fourth-order valence-corrected chi connectivity index (χ4v) is 1.83. The average molecular weight is 179 g/mol. The molecule has 3 nitrogen and oxygen atoms in total. The van der Waals surface area contributed by atoms with Gasteiger partial charge < -0.3 is 4.89 Å². The first-order valence-corrected chi connectivity index (χ1v) is 5.50. The summed E-state index contributed by atoms with van der Waals surface area (Å²) >= 11 is 0. The second-order valence-corrected chi connectivity index (χ2v) is 6.58. The van der Waals surface area contributed by atoms with Gasteiger partial charge in [-0.05, 0) is 20.8 Å². The molecule has 0 heterocycles. The molecule has 0 aromatic rings. The van der Waals surface area contributed by atoms with Crippen LogP contribution in [-0.4, -0.2) is 16.1 Å². The van der Waals surface area contributed by atoms with E-state index in [1.54, 1.807) is 13.8 Å². The van der Waals surface area contributed by atoms with Crippen LogP contribution in [0.1, 0.15) is 34.6 Å². The van der Waals surface area contributed by atoms with E-state index in [1.807, 2.05) is 20.8 Å². The maximum absolute atomic E-state index is 11.4. The number of hydrogen-bond donors (Lipinski definition) is 2. The summed E-state index contributed by atoms with van der Waals surface area (Å²) in [5, 5.41) is 2.71. The molecule has 0 aliphatic carbocycles. The SMILES string of the molecule is CC(C)P(=O)(O)NC(C)(C)C. The molecule has 0 spiro atoms. The van der Waals surface area contributed by atoms with Gasteiger partial charge in [-0.3, -0.25) is 4.57 Å². The second kappa shape index (κ2) is 3.26. The van der Waals surface area contributed by atoms with Crippen molar-refractivity contribution in [3.05, 3.63) is 0 Å². The summed E-state index contributed by atoms with van der Waals surface area (Å²) in [7, 11) is -3.14. The van der Waals surface area contributed by atoms with Crippen LogP contribution < -0.4 is 5.09 Å². The molecule has 0 bridgehead atoms. The van der Waals surface area contributed by atoms with Gasteiger partial charge in [-0.15, -0.1) is 0 Å². The Balaban J connectivity index is 4.26. The highest BCUT2D eigenvalue weighted by Crippen LogP contribution is 2.43. The molecule has 0 fully saturated rings. The quantitative estimate of drug-likeness (QED) is 0.637. The fourth-order valence-electron chi connectivity index (χ4n) is 0.610. The van der Waals surface area contributed by atoms with Crippen molar-refractivity contribution in [2.75, 3.05) is 0 Å². The predicted molar refractivity (Wildman–Crippen MR) is 47.9 cm³/mol. The zero-order chi connectivity index (χ0) is 9.28. The van der Waals surface area contributed by atoms with Gasteiger partial charge in [0.15, 0.2) is 0 Å². The first-order chi connectivity index (χ1) is 4.65. The Bertz CT molecular complexity index is 172. The van der Waals surface area contributed by atoms with Crippen molar-refractivity contribution in [2.24, 2.45) is 0 Å². The van der Waals surface area contributed by atoms with E-state index < -0.39 is 7.52 Å². The number of nitrogens with one attached hydrogen (secondary N) is 1. The third kappa shape index (κ3) is 4.57. The van der Waals surface area contributed by atoms with Crippen molar-refractivity contribution in [1.82, 2.24) is 5.09 Å². The van der Waals surface area contributed by atoms with Crippen molar-refractivity contribution in [1.29, 1.82) is 0 Å². The van der Waals surface area contributed by atoms with E-state index in [4.69, 9.17) is 0 Å². The molecule has 1 unspecified atom stereocenters. The van der Waals surface area contributed by atoms with Gasteiger partial charge in [0.1, 0.15) is 0 Å². The first-order valence-electron chi connectivity index (χ1n) is 3.77. The van der Waals surface area contributed by atoms with E-state index in [-0.39, 0.29) is 11.2 Å². The molecular formula is C7H18NO2P. The maximum atomic E-state index is 11.4. The van der Waals surface area contributed by atoms with Crippen LogP contribution in [0.4, 0.5) is 0 Å². The predicted octanol–water partition coefficient (Wildman–Crippen LogP) is 1.97. The van der Waals surface area contributed by atoms with E-state index in [0.29, 0.717) is 0 Å². The van der Waals surface area contributed by atoms with Gasteiger partial charge in [0.05, 0.1) is 0 Å². The highest BCUT2D eigenvalue weighted by Gasteiger charge is 2.27. The molecule has 68 valence electrons. The summed E-state index contributed by atoms with van der Waals surface area (Å²) in [4.78, 5) is 9.37. The molecule has 0 radical (unpaired) electrons. The number of hydrogen-bond acceptors (Lipinski definition) is 1. The van der Waals surface area contributed by atoms with Crippen LogP contribution in [0.3, 0.4) is 0 Å². The van der Waals surface area contributed by atoms with E-state index in [9.17, 15) is 9.46 Å². The van der Waals surface area contributed by atoms with E-state index in [2.05, 4.69) is 5.09 Å². The second-order valence-electron chi connectivity index (χ2n) is 4.08. The lowest BCUT2D eigenvalue weighted by atomic mass is 10.1. The maximum Gasteiger partial charge on any atom is 0.270 e. The fraction of sp³-hybridized carbons (Fsp3) is 1.00. The van der Waals surface area contributed by atoms with Crippen molar-refractivity contribution in [2.45, 2.75) is 45.8 Å². The molecule has 0 aromatic heterocycles. The zero-order valence-corrected chi connectivity index (χ0v) is 8.77. The summed E-state index contributed by atoms with van der Waals surface area (Å²) in [6.07, 6.45) is 0. The van der Waals surface area contributed by atoms with E-state index in [1.165, 1.54) is 0 Å². The smallest absolute Gasteiger partial charge is 0.270 e. The molecule has 4 heteroatoms. The van der Waals surface area contributed by atoms with Gasteiger partial charge in [-0.1, -0.05) is 13.8 Å². The van der Waals surface area contributed by atoms with Crippen LogP contribution >= 0.6 is 7.52 Å². The van der Waals surface area contributed by atoms with Crippen LogP contribution in [0.5, 0.6) is 0 Å². The van der Waals surface area contributed by atoms with Crippen LogP contribution in [0.25, 0.3) is 0 Å². The lowest BCUT2D eigenvalue weighted by molar-refractivity contribution is 0.411. The van der Waals surface area contributed by atoms with Crippen molar-refractivity contribution >= 4 is 7.52 Å². The monoisotopic (exact) mass is 179 g/mol. The molecule has 11 heavy (non-hydrogen) atoms. The molecule has 0 rings (SSSR count). The first kappa shape index (κ1) is 11.2. The minimum atomic E-state index is -3.14. The Labute approximate surface area is 68.7 Å². The lowest BCUT2D eigenvalue weighted by Crippen LogP contribution is -2.35. The van der Waals surface area contributed by atoms with Gasteiger partial charge in [0, 0.05) is 11.2 Å². The Morgan fingerprint density at radius 1 is 1.36 bits per heavy atom. The largest absolute Gasteiger partial charge is 0.333 e. The van der Waals surface area contributed by atoms with Crippen molar-refractivity contribution < 1.29 is 9.46 Å². The third-order valence-corrected chi connectivity index (χ3v) is 3.59. The van der Waals surface area contributed by atoms with Gasteiger partial charge in [0.2, 0.25) is 0 Å². The third-order valence-electron chi connectivity index (χ3n) is 1.20. The van der Waals surface area contributed by atoms with Gasteiger partial charge in [-0.2, -0.15) is 0 Å². The molecule has 0 saturated heterocycles. The highest BCUT2D eigenvalue weighted by molar-refractivity contribution is 7.56. The van der Waals surface area contributed by atoms with Gasteiger partial charge >= 0.3 is 0 Å². The van der Waals surface area contributed by atoms with Gasteiger partial charge in [-0.25, -0.2) is 5.09 Å². The minimum absolute atomic E-state index is 0.221. The Morgan fingerprint density at radius 3 is 1.82 bits per heavy atom. The van der Waals surface area contributed by atoms with E-state index in [0.717, 1.165) is 0 Å². The molecular weight excluding hydrogens is 161 g/mol. The van der Waals surface area contributed by atoms with Crippen LogP contribution in [-0.2, 0) is 4.57 Å². The average Bonchev–Trinajstić information content (AvgIpc) is 1.56. The summed E-state index contributed by atoms with van der Waals surface area (Å²) in [6.45, 7) is 9.09. The Hall–Kier alpha value is 0.150. The molecule has 0 aromatic carbocycles. The molecule has 0 aliphatic rings. The topological polar surface area (TPSA) is 49.3 Å². The highest BCUT2D eigenvalue weighted by atomic mass is 31.2. The van der Waals surface area contributed by atoms with E-state index >= 15 is 0 Å². The zero-order valence-electron chi connectivity index (χ0n) is 7.88. The van der Waals surface area contributed by atoms with Crippen LogP contribution in [0.2, 0.25) is 0 Å². The van der Waals surface area contributed by atoms with Crippen LogP contribution in [0, 0.1) is 0 Å². The summed E-state index contributed by atoms with van der Waals surface area (Å²) < 4.78 is 11.4. The minimum Gasteiger partial charge on any atom is -0.333 e. The number of rotatable bonds is 2. The Morgan fingerprint density at radius 2 is 1.73 bits per heavy atom.